The van der Waals surface area contributed by atoms with E-state index in [1.165, 1.54) is 0 Å². The van der Waals surface area contributed by atoms with Crippen LogP contribution in [0.4, 0.5) is 0 Å². The summed E-state index contributed by atoms with van der Waals surface area (Å²) in [6.45, 7) is 15.6. The zero-order chi connectivity index (χ0) is 38.7. The molecule has 0 heterocycles. The Labute approximate surface area is 316 Å². The van der Waals surface area contributed by atoms with Crippen LogP contribution in [-0.2, 0) is 20.0 Å². The molecular formula is C44H56O8Si. The highest BCUT2D eigenvalue weighted by molar-refractivity contribution is 6.78. The van der Waals surface area contributed by atoms with Gasteiger partial charge in [-0.05, 0) is 75.5 Å². The molecule has 8 nitrogen and oxygen atoms in total. The second-order valence-corrected chi connectivity index (χ2v) is 19.9. The van der Waals surface area contributed by atoms with E-state index in [9.17, 15) is 5.11 Å². The van der Waals surface area contributed by atoms with Crippen molar-refractivity contribution in [3.8, 4) is 34.1 Å². The summed E-state index contributed by atoms with van der Waals surface area (Å²) in [5.41, 5.74) is 4.97. The van der Waals surface area contributed by atoms with Crippen molar-refractivity contribution in [3.63, 3.8) is 0 Å². The first-order valence-electron chi connectivity index (χ1n) is 18.3. The summed E-state index contributed by atoms with van der Waals surface area (Å²) in [4.78, 5) is 0. The van der Waals surface area contributed by atoms with Crippen molar-refractivity contribution in [2.75, 3.05) is 42.3 Å². The van der Waals surface area contributed by atoms with Gasteiger partial charge in [0.15, 0.2) is 12.6 Å². The van der Waals surface area contributed by atoms with E-state index in [0.717, 1.165) is 38.8 Å². The molecular weight excluding hydrogens is 685 g/mol. The van der Waals surface area contributed by atoms with Crippen LogP contribution in [0.3, 0.4) is 0 Å². The molecule has 53 heavy (non-hydrogen) atoms. The maximum Gasteiger partial charge on any atom is 0.258 e. The number of hydrogen-bond acceptors (Lipinski definition) is 8. The van der Waals surface area contributed by atoms with E-state index in [-0.39, 0.29) is 6.79 Å². The highest BCUT2D eigenvalue weighted by Gasteiger charge is 2.47. The lowest BCUT2D eigenvalue weighted by Crippen LogP contribution is -2.50. The summed E-state index contributed by atoms with van der Waals surface area (Å²) in [5, 5.41) is 15.8. The number of hydrogen-bond donors (Lipinski definition) is 1. The Balaban J connectivity index is 1.89. The number of fused-ring (bicyclic) bond motifs is 2. The number of methoxy groups -OCH3 is 5. The van der Waals surface area contributed by atoms with Gasteiger partial charge in [-0.25, -0.2) is 0 Å². The van der Waals surface area contributed by atoms with Gasteiger partial charge >= 0.3 is 0 Å². The summed E-state index contributed by atoms with van der Waals surface area (Å²) in [5.74, 6) is 1.61. The molecule has 0 aliphatic rings. The van der Waals surface area contributed by atoms with Crippen LogP contribution >= 0.6 is 0 Å². The minimum atomic E-state index is -2.34. The third kappa shape index (κ3) is 7.13. The SMILES string of the molecule is COCOc1ccc(C(O)c2ccccc2C(C)(OC)OC)c2c(-c3ccc(O[Si](C(C)C)(C(C)C)C(C)C)c4c(OC)cccc34)ccc(OC)c12. The molecule has 0 bridgehead atoms. The molecule has 1 unspecified atom stereocenters. The van der Waals surface area contributed by atoms with E-state index in [0.29, 0.717) is 50.2 Å². The smallest absolute Gasteiger partial charge is 0.258 e. The summed E-state index contributed by atoms with van der Waals surface area (Å²) in [6.07, 6.45) is -1.08. The van der Waals surface area contributed by atoms with Gasteiger partial charge in [-0.3, -0.25) is 0 Å². The van der Waals surface area contributed by atoms with Gasteiger partial charge in [-0.2, -0.15) is 0 Å². The van der Waals surface area contributed by atoms with Gasteiger partial charge in [-0.15, -0.1) is 0 Å². The Hall–Kier alpha value is -4.12. The van der Waals surface area contributed by atoms with E-state index < -0.39 is 20.2 Å². The van der Waals surface area contributed by atoms with Crippen molar-refractivity contribution in [1.82, 2.24) is 0 Å². The van der Waals surface area contributed by atoms with Gasteiger partial charge in [0.05, 0.1) is 25.0 Å². The second kappa shape index (κ2) is 16.5. The largest absolute Gasteiger partial charge is 0.542 e. The van der Waals surface area contributed by atoms with Crippen molar-refractivity contribution in [1.29, 1.82) is 0 Å². The van der Waals surface area contributed by atoms with Crippen molar-refractivity contribution >= 4 is 29.9 Å². The standard InChI is InChI=1S/C44H56O8Si/c1-27(2)53(28(3)4,29(5)6)52-39-25-20-30(31-17-15-19-36(47-9)41(31)39)32-21-23-37(48-10)42-38(51-26-46-8)24-22-34(40(32)42)43(45)33-16-13-14-18-35(33)44(7,49-11)50-12/h13-25,27-29,43,45H,26H2,1-12H3. The van der Waals surface area contributed by atoms with Crippen LogP contribution in [0.1, 0.15) is 71.3 Å². The van der Waals surface area contributed by atoms with Crippen LogP contribution in [0.5, 0.6) is 23.0 Å². The first-order chi connectivity index (χ1) is 25.3. The molecule has 5 rings (SSSR count). The number of ether oxygens (including phenoxy) is 6. The maximum absolute atomic E-state index is 12.5. The molecule has 0 aliphatic carbocycles. The van der Waals surface area contributed by atoms with Crippen LogP contribution in [0, 0.1) is 0 Å². The van der Waals surface area contributed by atoms with Crippen molar-refractivity contribution < 1.29 is 38.0 Å². The lowest BCUT2D eigenvalue weighted by molar-refractivity contribution is -0.202. The van der Waals surface area contributed by atoms with E-state index in [2.05, 4.69) is 59.7 Å². The Morgan fingerprint density at radius 2 is 1.17 bits per heavy atom. The Kier molecular flexibility index (Phi) is 12.5. The Bertz CT molecular complexity index is 2010. The first kappa shape index (κ1) is 40.1. The highest BCUT2D eigenvalue weighted by Crippen LogP contribution is 2.50. The van der Waals surface area contributed by atoms with Gasteiger partial charge in [0.1, 0.15) is 29.1 Å². The van der Waals surface area contributed by atoms with Crippen molar-refractivity contribution in [3.05, 3.63) is 95.6 Å². The summed E-state index contributed by atoms with van der Waals surface area (Å²) < 4.78 is 42.5. The molecule has 0 spiro atoms. The third-order valence-corrected chi connectivity index (χ3v) is 16.9. The van der Waals surface area contributed by atoms with Crippen LogP contribution in [0.25, 0.3) is 32.7 Å². The van der Waals surface area contributed by atoms with E-state index in [4.69, 9.17) is 32.8 Å². The fourth-order valence-electron chi connectivity index (χ4n) is 8.32. The van der Waals surface area contributed by atoms with Crippen LogP contribution in [0.15, 0.2) is 78.9 Å². The Morgan fingerprint density at radius 1 is 0.585 bits per heavy atom. The fraction of sp³-hybridized carbons (Fsp3) is 0.409. The number of rotatable bonds is 16. The zero-order valence-electron chi connectivity index (χ0n) is 33.3. The topological polar surface area (TPSA) is 84.8 Å². The van der Waals surface area contributed by atoms with Gasteiger partial charge < -0.3 is 38.0 Å². The van der Waals surface area contributed by atoms with Gasteiger partial charge in [-0.1, -0.05) is 96.1 Å². The Morgan fingerprint density at radius 3 is 1.77 bits per heavy atom. The summed E-state index contributed by atoms with van der Waals surface area (Å²) in [7, 11) is 5.77. The summed E-state index contributed by atoms with van der Waals surface area (Å²) >= 11 is 0. The first-order valence-corrected chi connectivity index (χ1v) is 20.4. The zero-order valence-corrected chi connectivity index (χ0v) is 34.3. The molecule has 0 radical (unpaired) electrons. The molecule has 9 heteroatoms. The molecule has 1 atom stereocenters. The van der Waals surface area contributed by atoms with Crippen LogP contribution in [0.2, 0.25) is 16.6 Å². The normalized spacial score (nSPS) is 13.0. The average molecular weight is 741 g/mol. The third-order valence-electron chi connectivity index (χ3n) is 11.0. The van der Waals surface area contributed by atoms with Crippen molar-refractivity contribution in [2.45, 2.75) is 77.0 Å². The average Bonchev–Trinajstić information content (AvgIpc) is 3.17. The molecule has 1 N–H and O–H groups in total. The monoisotopic (exact) mass is 740 g/mol. The quantitative estimate of drug-likeness (QED) is 0.0791. The lowest BCUT2D eigenvalue weighted by atomic mass is 9.86. The molecule has 0 saturated heterocycles. The summed E-state index contributed by atoms with van der Waals surface area (Å²) in [6, 6.07) is 25.7. The van der Waals surface area contributed by atoms with Crippen molar-refractivity contribution in [2.24, 2.45) is 0 Å². The molecule has 0 fully saturated rings. The van der Waals surface area contributed by atoms with Crippen LogP contribution in [-0.4, -0.2) is 55.8 Å². The lowest BCUT2D eigenvalue weighted by Gasteiger charge is -2.42. The van der Waals surface area contributed by atoms with Gasteiger partial charge in [0.2, 0.25) is 0 Å². The molecule has 0 aliphatic heterocycles. The molecule has 5 aromatic rings. The minimum absolute atomic E-state index is 0.0343. The van der Waals surface area contributed by atoms with Gasteiger partial charge in [0.25, 0.3) is 8.32 Å². The molecule has 0 amide bonds. The predicted octanol–water partition coefficient (Wildman–Crippen LogP) is 10.8. The minimum Gasteiger partial charge on any atom is -0.542 e. The van der Waals surface area contributed by atoms with Gasteiger partial charge in [0, 0.05) is 32.3 Å². The number of aliphatic hydroxyl groups excluding tert-OH is 1. The molecule has 5 aromatic carbocycles. The second-order valence-electron chi connectivity index (χ2n) is 14.5. The van der Waals surface area contributed by atoms with Crippen LogP contribution < -0.4 is 18.6 Å². The number of benzene rings is 5. The predicted molar refractivity (Wildman–Crippen MR) is 216 cm³/mol. The highest BCUT2D eigenvalue weighted by atomic mass is 28.4. The number of aliphatic hydroxyl groups is 1. The molecule has 284 valence electrons. The van der Waals surface area contributed by atoms with E-state index in [1.807, 2.05) is 67.6 Å². The van der Waals surface area contributed by atoms with E-state index in [1.54, 1.807) is 35.5 Å². The van der Waals surface area contributed by atoms with E-state index >= 15 is 0 Å². The molecule has 0 saturated carbocycles. The molecule has 0 aromatic heterocycles. The maximum atomic E-state index is 12.5. The fourth-order valence-corrected chi connectivity index (χ4v) is 13.6.